The average molecular weight is 595 g/mol. The zero-order chi connectivity index (χ0) is 28.1. The van der Waals surface area contributed by atoms with Gasteiger partial charge in [0.1, 0.15) is 15.0 Å². The van der Waals surface area contributed by atoms with Crippen LogP contribution in [0.15, 0.2) is 38.8 Å². The number of rotatable bonds is 12. The Balaban J connectivity index is 1.86. The van der Waals surface area contributed by atoms with E-state index in [-0.39, 0.29) is 46.8 Å². The number of benzene rings is 1. The molecule has 0 radical (unpaired) electrons. The van der Waals surface area contributed by atoms with Gasteiger partial charge in [-0.2, -0.15) is 4.31 Å². The van der Waals surface area contributed by atoms with Crippen molar-refractivity contribution in [2.75, 3.05) is 33.4 Å². The first-order chi connectivity index (χ1) is 17.9. The summed E-state index contributed by atoms with van der Waals surface area (Å²) in [6, 6.07) is 7.08. The number of thiophene rings is 1. The molecule has 14 nitrogen and oxygen atoms in total. The lowest BCUT2D eigenvalue weighted by molar-refractivity contribution is -0.497. The normalized spacial score (nSPS) is 17.4. The van der Waals surface area contributed by atoms with Crippen molar-refractivity contribution < 1.29 is 46.4 Å². The van der Waals surface area contributed by atoms with Crippen LogP contribution in [0.1, 0.15) is 36.1 Å². The first-order valence-corrected chi connectivity index (χ1v) is 15.2. The van der Waals surface area contributed by atoms with Gasteiger partial charge in [0.2, 0.25) is 10.0 Å². The van der Waals surface area contributed by atoms with Crippen molar-refractivity contribution in [3.8, 4) is 0 Å². The number of likely N-dealkylation sites (N-methyl/N-ethyl adjacent to an activating group) is 1. The predicted octanol–water partition coefficient (Wildman–Crippen LogP) is 1.65. The zero-order valence-electron chi connectivity index (χ0n) is 20.7. The molecule has 1 aliphatic rings. The molecule has 0 fully saturated rings. The van der Waals surface area contributed by atoms with E-state index in [2.05, 4.69) is 4.84 Å². The summed E-state index contributed by atoms with van der Waals surface area (Å²) in [5, 5.41) is 22.3. The summed E-state index contributed by atoms with van der Waals surface area (Å²) in [6.45, 7) is 1.88. The Bertz CT molecular complexity index is 1330. The number of primary sulfonamides is 1. The van der Waals surface area contributed by atoms with Crippen LogP contribution in [0.25, 0.3) is 0 Å². The van der Waals surface area contributed by atoms with Crippen LogP contribution in [-0.2, 0) is 47.6 Å². The van der Waals surface area contributed by atoms with Gasteiger partial charge < -0.3 is 14.4 Å². The summed E-state index contributed by atoms with van der Waals surface area (Å²) in [7, 11) is -6.72. The number of hydrogen-bond donors (Lipinski definition) is 3. The summed E-state index contributed by atoms with van der Waals surface area (Å²) in [4.78, 5) is 19.1. The molecule has 0 spiro atoms. The highest BCUT2D eigenvalue weighted by Gasteiger charge is 2.43. The van der Waals surface area contributed by atoms with Gasteiger partial charge in [-0.3, -0.25) is 10.4 Å². The number of nitrogens with zero attached hydrogens (tertiary/aromatic N) is 3. The van der Waals surface area contributed by atoms with Gasteiger partial charge in [-0.05, 0) is 30.5 Å². The van der Waals surface area contributed by atoms with Crippen molar-refractivity contribution in [2.24, 2.45) is 5.14 Å². The Morgan fingerprint density at radius 1 is 1.24 bits per heavy atom. The van der Waals surface area contributed by atoms with Gasteiger partial charge in [0.15, 0.2) is 0 Å². The monoisotopic (exact) mass is 594 g/mol. The minimum Gasteiger partial charge on any atom is -0.445 e. The highest BCUT2D eigenvalue weighted by atomic mass is 32.3. The second kappa shape index (κ2) is 12.8. The van der Waals surface area contributed by atoms with E-state index in [1.165, 1.54) is 22.4 Å². The molecule has 0 saturated carbocycles. The molecule has 1 aliphatic heterocycles. The third-order valence-electron chi connectivity index (χ3n) is 5.70. The third kappa shape index (κ3) is 7.26. The van der Waals surface area contributed by atoms with Crippen LogP contribution in [0.2, 0.25) is 0 Å². The van der Waals surface area contributed by atoms with Crippen LogP contribution in [0.5, 0.6) is 0 Å². The summed E-state index contributed by atoms with van der Waals surface area (Å²) >= 11 is 0.550. The summed E-state index contributed by atoms with van der Waals surface area (Å²) in [5.74, 6) is 0. The maximum Gasteiger partial charge on any atom is 0.410 e. The number of carbonyl (C=O) groups excluding carboxylic acids is 1. The highest BCUT2D eigenvalue weighted by molar-refractivity contribution is 7.94. The van der Waals surface area contributed by atoms with Gasteiger partial charge >= 0.3 is 6.09 Å². The number of fused-ring (bicyclic) bond motifs is 1. The SMILES string of the molecule is CCN(C(=O)OCc1cccc(CON(O)O)c1)[C@H]1CN(CCCOC)S(=O)(=O)c2sc(S(N)(=O)=O)cc21. The molecule has 17 heteroatoms. The maximum absolute atomic E-state index is 13.3. The fraction of sp³-hybridized carbons (Fsp3) is 0.476. The van der Waals surface area contributed by atoms with E-state index in [0.29, 0.717) is 35.5 Å². The van der Waals surface area contributed by atoms with E-state index in [9.17, 15) is 21.6 Å². The summed E-state index contributed by atoms with van der Waals surface area (Å²) < 4.78 is 61.8. The van der Waals surface area contributed by atoms with E-state index in [1.807, 2.05) is 0 Å². The Hall–Kier alpha value is -2.19. The third-order valence-corrected chi connectivity index (χ3v) is 10.7. The van der Waals surface area contributed by atoms with Gasteiger partial charge in [-0.25, -0.2) is 31.6 Å². The molecule has 0 aliphatic carbocycles. The van der Waals surface area contributed by atoms with E-state index in [0.717, 1.165) is 0 Å². The molecule has 2 aromatic rings. The first-order valence-electron chi connectivity index (χ1n) is 11.4. The lowest BCUT2D eigenvalue weighted by Gasteiger charge is -2.37. The smallest absolute Gasteiger partial charge is 0.410 e. The lowest BCUT2D eigenvalue weighted by atomic mass is 10.1. The number of ether oxygens (including phenoxy) is 2. The number of methoxy groups -OCH3 is 1. The molecule has 1 amide bonds. The van der Waals surface area contributed by atoms with Crippen LogP contribution in [0.3, 0.4) is 0 Å². The molecule has 3 rings (SSSR count). The molecule has 1 atom stereocenters. The van der Waals surface area contributed by atoms with Gasteiger partial charge in [0, 0.05) is 38.9 Å². The minimum atomic E-state index is -4.19. The van der Waals surface area contributed by atoms with E-state index in [4.69, 9.17) is 25.0 Å². The molecular weight excluding hydrogens is 564 g/mol. The fourth-order valence-electron chi connectivity index (χ4n) is 3.96. The molecule has 1 aromatic carbocycles. The predicted molar refractivity (Wildman–Crippen MR) is 133 cm³/mol. The fourth-order valence-corrected chi connectivity index (χ4v) is 8.24. The second-order valence-electron chi connectivity index (χ2n) is 8.27. The van der Waals surface area contributed by atoms with E-state index < -0.39 is 37.6 Å². The van der Waals surface area contributed by atoms with Crippen molar-refractivity contribution in [1.82, 2.24) is 14.6 Å². The van der Waals surface area contributed by atoms with Gasteiger partial charge in [0.25, 0.3) is 10.0 Å². The molecule has 0 bridgehead atoms. The Morgan fingerprint density at radius 2 is 1.92 bits per heavy atom. The van der Waals surface area contributed by atoms with Gasteiger partial charge in [0.05, 0.1) is 18.0 Å². The second-order valence-corrected chi connectivity index (χ2v) is 13.2. The Kier molecular flexibility index (Phi) is 10.2. The van der Waals surface area contributed by atoms with Crippen molar-refractivity contribution in [2.45, 2.75) is 41.0 Å². The van der Waals surface area contributed by atoms with Gasteiger partial charge in [-0.1, -0.05) is 24.3 Å². The number of sulfonamides is 2. The highest BCUT2D eigenvalue weighted by Crippen LogP contribution is 2.42. The Morgan fingerprint density at radius 3 is 2.53 bits per heavy atom. The topological polar surface area (TPSA) is 189 Å². The van der Waals surface area contributed by atoms with Crippen LogP contribution in [-0.4, -0.2) is 81.3 Å². The molecule has 212 valence electrons. The lowest BCUT2D eigenvalue weighted by Crippen LogP contribution is -2.47. The first kappa shape index (κ1) is 30.4. The van der Waals surface area contributed by atoms with E-state index >= 15 is 0 Å². The van der Waals surface area contributed by atoms with Crippen LogP contribution >= 0.6 is 11.3 Å². The number of nitrogens with two attached hydrogens (primary N) is 1. The van der Waals surface area contributed by atoms with Crippen LogP contribution in [0.4, 0.5) is 4.79 Å². The molecule has 2 heterocycles. The molecule has 38 heavy (non-hydrogen) atoms. The van der Waals surface area contributed by atoms with Gasteiger partial charge in [-0.15, -0.1) is 11.3 Å². The average Bonchev–Trinajstić information content (AvgIpc) is 3.32. The van der Waals surface area contributed by atoms with Crippen LogP contribution in [0, 0.1) is 0 Å². The maximum atomic E-state index is 13.3. The largest absolute Gasteiger partial charge is 0.445 e. The summed E-state index contributed by atoms with van der Waals surface area (Å²) in [5.41, 5.74) is 1.34. The van der Waals surface area contributed by atoms with Crippen LogP contribution < -0.4 is 5.14 Å². The molecular formula is C21H30N4O10S3. The zero-order valence-corrected chi connectivity index (χ0v) is 23.2. The molecule has 4 N–H and O–H groups in total. The number of amides is 1. The van der Waals surface area contributed by atoms with Crippen molar-refractivity contribution in [3.05, 3.63) is 47.0 Å². The van der Waals surface area contributed by atoms with Crippen molar-refractivity contribution in [1.29, 1.82) is 0 Å². The standard InChI is InChI=1S/C21H30N4O10S3/c1-3-24(21(26)34-13-15-6-4-7-16(10-15)14-35-25(27)28)18-12-23(8-5-9-33-2)38(31,32)20-17(18)11-19(36-20)37(22,29)30/h4,6-7,10-11,18,27-28H,3,5,8-9,12-14H2,1-2H3,(H2,22,29,30)/t18-/m0/s1. The molecule has 1 aromatic heterocycles. The number of hydrogen-bond acceptors (Lipinski definition) is 12. The minimum absolute atomic E-state index is 0.103. The Labute approximate surface area is 224 Å². The molecule has 0 saturated heterocycles. The summed E-state index contributed by atoms with van der Waals surface area (Å²) in [6.07, 6.45) is -0.340. The number of carbonyl (C=O) groups is 1. The molecule has 0 unspecified atom stereocenters. The van der Waals surface area contributed by atoms with Crippen molar-refractivity contribution >= 4 is 37.5 Å². The quantitative estimate of drug-likeness (QED) is 0.239. The van der Waals surface area contributed by atoms with Crippen molar-refractivity contribution in [3.63, 3.8) is 0 Å². The van der Waals surface area contributed by atoms with E-state index in [1.54, 1.807) is 31.2 Å².